The highest BCUT2D eigenvalue weighted by atomic mass is 16.3. The number of furan rings is 1. The van der Waals surface area contributed by atoms with Crippen molar-refractivity contribution in [3.63, 3.8) is 0 Å². The van der Waals surface area contributed by atoms with Crippen molar-refractivity contribution in [3.8, 4) is 22.8 Å². The molecule has 5 heteroatoms. The summed E-state index contributed by atoms with van der Waals surface area (Å²) >= 11 is 0. The van der Waals surface area contributed by atoms with Crippen molar-refractivity contribution in [3.05, 3.63) is 102 Å². The van der Waals surface area contributed by atoms with E-state index in [1.54, 1.807) is 24.3 Å². The number of carbonyl (C=O) groups excluding carboxylic acids is 1. The van der Waals surface area contributed by atoms with Crippen LogP contribution >= 0.6 is 0 Å². The monoisotopic (exact) mass is 420 g/mol. The topological polar surface area (TPSA) is 68.3 Å². The van der Waals surface area contributed by atoms with E-state index in [0.29, 0.717) is 28.4 Å². The second-order valence-electron chi connectivity index (χ2n) is 7.46. The van der Waals surface area contributed by atoms with Crippen LogP contribution in [0.15, 0.2) is 99.8 Å². The number of rotatable bonds is 5. The first-order valence-electron chi connectivity index (χ1n) is 10.3. The van der Waals surface area contributed by atoms with Gasteiger partial charge in [-0.05, 0) is 55.5 Å². The molecule has 0 unspecified atom stereocenters. The Morgan fingerprint density at radius 2 is 1.69 bits per heavy atom. The first kappa shape index (κ1) is 19.6. The van der Waals surface area contributed by atoms with Gasteiger partial charge in [0.15, 0.2) is 5.58 Å². The van der Waals surface area contributed by atoms with E-state index in [4.69, 9.17) is 8.83 Å². The number of hydrogen-bond acceptors (Lipinski definition) is 4. The van der Waals surface area contributed by atoms with Gasteiger partial charge < -0.3 is 14.2 Å². The minimum Gasteiger partial charge on any atom is -0.457 e. The second-order valence-corrected chi connectivity index (χ2v) is 7.46. The molecule has 5 rings (SSSR count). The number of amides is 1. The highest BCUT2D eigenvalue weighted by Crippen LogP contribution is 2.27. The van der Waals surface area contributed by atoms with Crippen LogP contribution in [0.3, 0.4) is 0 Å². The molecule has 156 valence electrons. The SMILES string of the molecule is Cc1ccc(-c2nc3cc(NC(=O)/C=C/c4ccc(-c5ccccc5)o4)ccc3o2)cc1. The molecule has 5 aromatic rings. The Kier molecular flexibility index (Phi) is 5.14. The predicted molar refractivity (Wildman–Crippen MR) is 126 cm³/mol. The van der Waals surface area contributed by atoms with E-state index in [2.05, 4.69) is 10.3 Å². The minimum absolute atomic E-state index is 0.260. The Hall–Kier alpha value is -4.38. The largest absolute Gasteiger partial charge is 0.457 e. The molecule has 1 N–H and O–H groups in total. The first-order valence-corrected chi connectivity index (χ1v) is 10.3. The Morgan fingerprint density at radius 1 is 0.875 bits per heavy atom. The number of oxazole rings is 1. The Balaban J connectivity index is 1.28. The summed E-state index contributed by atoms with van der Waals surface area (Å²) in [6.45, 7) is 2.04. The predicted octanol–water partition coefficient (Wildman–Crippen LogP) is 6.72. The van der Waals surface area contributed by atoms with Gasteiger partial charge in [0.25, 0.3) is 0 Å². The third-order valence-corrected chi connectivity index (χ3v) is 5.04. The zero-order valence-electron chi connectivity index (χ0n) is 17.4. The van der Waals surface area contributed by atoms with E-state index in [9.17, 15) is 4.79 Å². The van der Waals surface area contributed by atoms with Crippen molar-refractivity contribution in [2.75, 3.05) is 5.32 Å². The van der Waals surface area contributed by atoms with Crippen LogP contribution in [-0.2, 0) is 4.79 Å². The lowest BCUT2D eigenvalue weighted by Crippen LogP contribution is -2.07. The number of nitrogens with one attached hydrogen (secondary N) is 1. The second kappa shape index (κ2) is 8.40. The van der Waals surface area contributed by atoms with Gasteiger partial charge in [0.05, 0.1) is 0 Å². The van der Waals surface area contributed by atoms with Gasteiger partial charge in [0, 0.05) is 22.9 Å². The molecule has 0 fully saturated rings. The fourth-order valence-corrected chi connectivity index (χ4v) is 3.37. The molecule has 5 nitrogen and oxygen atoms in total. The van der Waals surface area contributed by atoms with Crippen LogP contribution in [0, 0.1) is 6.92 Å². The molecule has 0 aliphatic heterocycles. The average Bonchev–Trinajstić information content (AvgIpc) is 3.46. The third-order valence-electron chi connectivity index (χ3n) is 5.04. The van der Waals surface area contributed by atoms with E-state index in [0.717, 1.165) is 16.9 Å². The molecule has 0 aliphatic rings. The number of nitrogens with zero attached hydrogens (tertiary/aromatic N) is 1. The highest BCUT2D eigenvalue weighted by molar-refractivity contribution is 6.02. The maximum absolute atomic E-state index is 12.4. The third kappa shape index (κ3) is 4.23. The maximum atomic E-state index is 12.4. The molecule has 0 spiro atoms. The minimum atomic E-state index is -0.260. The van der Waals surface area contributed by atoms with Gasteiger partial charge in [-0.1, -0.05) is 48.0 Å². The van der Waals surface area contributed by atoms with E-state index in [1.165, 1.54) is 11.6 Å². The molecule has 1 amide bonds. The molecule has 2 aromatic heterocycles. The molecule has 0 bridgehead atoms. The van der Waals surface area contributed by atoms with Crippen molar-refractivity contribution in [2.24, 2.45) is 0 Å². The first-order chi connectivity index (χ1) is 15.6. The summed E-state index contributed by atoms with van der Waals surface area (Å²) in [4.78, 5) is 16.9. The standard InChI is InChI=1S/C27H20N2O3/c1-18-7-9-20(10-8-18)27-29-23-17-21(11-14-25(23)32-27)28-26(30)16-13-22-12-15-24(31-22)19-5-3-2-4-6-19/h2-17H,1H3,(H,28,30)/b16-13+. The molecular formula is C27H20N2O3. The summed E-state index contributed by atoms with van der Waals surface area (Å²) < 4.78 is 11.6. The van der Waals surface area contributed by atoms with Crippen molar-refractivity contribution < 1.29 is 13.6 Å². The zero-order chi connectivity index (χ0) is 21.9. The average molecular weight is 420 g/mol. The molecule has 3 aromatic carbocycles. The maximum Gasteiger partial charge on any atom is 0.248 e. The van der Waals surface area contributed by atoms with E-state index < -0.39 is 0 Å². The molecule has 0 radical (unpaired) electrons. The van der Waals surface area contributed by atoms with Crippen LogP contribution in [0.2, 0.25) is 0 Å². The molecular weight excluding hydrogens is 400 g/mol. The number of hydrogen-bond donors (Lipinski definition) is 1. The van der Waals surface area contributed by atoms with Gasteiger partial charge in [-0.25, -0.2) is 4.98 Å². The quantitative estimate of drug-likeness (QED) is 0.321. The molecule has 2 heterocycles. The molecule has 0 atom stereocenters. The van der Waals surface area contributed by atoms with Gasteiger partial charge >= 0.3 is 0 Å². The van der Waals surface area contributed by atoms with Crippen LogP contribution in [0.1, 0.15) is 11.3 Å². The smallest absolute Gasteiger partial charge is 0.248 e. The lowest BCUT2D eigenvalue weighted by molar-refractivity contribution is -0.111. The van der Waals surface area contributed by atoms with Gasteiger partial charge in [0.1, 0.15) is 17.0 Å². The summed E-state index contributed by atoms with van der Waals surface area (Å²) in [5.74, 6) is 1.65. The number of anilines is 1. The van der Waals surface area contributed by atoms with E-state index >= 15 is 0 Å². The van der Waals surface area contributed by atoms with Crippen LogP contribution < -0.4 is 5.32 Å². The summed E-state index contributed by atoms with van der Waals surface area (Å²) in [7, 11) is 0. The fourth-order valence-electron chi connectivity index (χ4n) is 3.37. The number of benzene rings is 3. The van der Waals surface area contributed by atoms with Crippen molar-refractivity contribution in [1.82, 2.24) is 4.98 Å². The summed E-state index contributed by atoms with van der Waals surface area (Å²) in [6, 6.07) is 26.9. The van der Waals surface area contributed by atoms with Gasteiger partial charge in [-0.3, -0.25) is 4.79 Å². The van der Waals surface area contributed by atoms with Crippen molar-refractivity contribution >= 4 is 28.8 Å². The lowest BCUT2D eigenvalue weighted by atomic mass is 10.1. The summed E-state index contributed by atoms with van der Waals surface area (Å²) in [6.07, 6.45) is 3.09. The Labute approximate surface area is 185 Å². The number of carbonyl (C=O) groups is 1. The van der Waals surface area contributed by atoms with E-state index in [1.807, 2.05) is 73.7 Å². The van der Waals surface area contributed by atoms with Crippen LogP contribution in [-0.4, -0.2) is 10.9 Å². The molecule has 32 heavy (non-hydrogen) atoms. The molecule has 0 aliphatic carbocycles. The Morgan fingerprint density at radius 3 is 2.50 bits per heavy atom. The number of aromatic nitrogens is 1. The Bertz CT molecular complexity index is 1410. The van der Waals surface area contributed by atoms with Crippen molar-refractivity contribution in [1.29, 1.82) is 0 Å². The van der Waals surface area contributed by atoms with Crippen LogP contribution in [0.25, 0.3) is 40.0 Å². The summed E-state index contributed by atoms with van der Waals surface area (Å²) in [5.41, 5.74) is 5.06. The van der Waals surface area contributed by atoms with Crippen LogP contribution in [0.4, 0.5) is 5.69 Å². The van der Waals surface area contributed by atoms with Crippen LogP contribution in [0.5, 0.6) is 0 Å². The van der Waals surface area contributed by atoms with E-state index in [-0.39, 0.29) is 5.91 Å². The van der Waals surface area contributed by atoms with Gasteiger partial charge in [0.2, 0.25) is 11.8 Å². The number of aryl methyl sites for hydroxylation is 1. The zero-order valence-corrected chi connectivity index (χ0v) is 17.4. The molecule has 0 saturated carbocycles. The number of fused-ring (bicyclic) bond motifs is 1. The van der Waals surface area contributed by atoms with Gasteiger partial charge in [-0.15, -0.1) is 0 Å². The lowest BCUT2D eigenvalue weighted by Gasteiger charge is -2.00. The van der Waals surface area contributed by atoms with Gasteiger partial charge in [-0.2, -0.15) is 0 Å². The fraction of sp³-hybridized carbons (Fsp3) is 0.0370. The highest BCUT2D eigenvalue weighted by Gasteiger charge is 2.10. The molecule has 0 saturated heterocycles. The summed E-state index contributed by atoms with van der Waals surface area (Å²) in [5, 5.41) is 2.85. The van der Waals surface area contributed by atoms with Crippen molar-refractivity contribution in [2.45, 2.75) is 6.92 Å². The normalized spacial score (nSPS) is 11.3.